The molecule has 1 aromatic heterocycles. The van der Waals surface area contributed by atoms with Crippen LogP contribution in [-0.2, 0) is 6.54 Å². The second kappa shape index (κ2) is 9.68. The standard InChI is InChI=1S/C24H31N3O2/c1-4-22-12-8-9-13-26(22)23(28)20-14-21(16-25-15-20)24(29)27(18(2)3)17-19-10-6-5-7-11-19/h5-7,10-11,14-16,18,22H,4,8-9,12-13,17H2,1-3H3. The number of amides is 2. The molecule has 154 valence electrons. The van der Waals surface area contributed by atoms with Crippen LogP contribution in [0.2, 0.25) is 0 Å². The summed E-state index contributed by atoms with van der Waals surface area (Å²) >= 11 is 0. The van der Waals surface area contributed by atoms with Crippen molar-refractivity contribution in [1.82, 2.24) is 14.8 Å². The number of nitrogens with zero attached hydrogens (tertiary/aromatic N) is 3. The summed E-state index contributed by atoms with van der Waals surface area (Å²) in [6.45, 7) is 7.44. The van der Waals surface area contributed by atoms with Crippen LogP contribution < -0.4 is 0 Å². The minimum Gasteiger partial charge on any atom is -0.336 e. The summed E-state index contributed by atoms with van der Waals surface area (Å²) in [4.78, 5) is 34.3. The fourth-order valence-electron chi connectivity index (χ4n) is 3.97. The normalized spacial score (nSPS) is 16.7. The Bertz CT molecular complexity index is 835. The van der Waals surface area contributed by atoms with Gasteiger partial charge in [-0.15, -0.1) is 0 Å². The van der Waals surface area contributed by atoms with Crippen LogP contribution in [0.4, 0.5) is 0 Å². The first-order valence-corrected chi connectivity index (χ1v) is 10.6. The van der Waals surface area contributed by atoms with E-state index in [1.54, 1.807) is 18.5 Å². The van der Waals surface area contributed by atoms with Crippen molar-refractivity contribution in [2.45, 2.75) is 65.1 Å². The molecule has 2 heterocycles. The Labute approximate surface area is 173 Å². The molecule has 0 spiro atoms. The molecule has 1 atom stereocenters. The van der Waals surface area contributed by atoms with Crippen molar-refractivity contribution in [1.29, 1.82) is 0 Å². The predicted molar refractivity (Wildman–Crippen MR) is 115 cm³/mol. The van der Waals surface area contributed by atoms with Gasteiger partial charge in [-0.05, 0) is 51.2 Å². The van der Waals surface area contributed by atoms with Crippen molar-refractivity contribution in [3.05, 3.63) is 65.5 Å². The van der Waals surface area contributed by atoms with Gasteiger partial charge >= 0.3 is 0 Å². The number of carbonyl (C=O) groups excluding carboxylic acids is 2. The van der Waals surface area contributed by atoms with Gasteiger partial charge in [0.05, 0.1) is 11.1 Å². The zero-order valence-corrected chi connectivity index (χ0v) is 17.7. The number of carbonyl (C=O) groups is 2. The summed E-state index contributed by atoms with van der Waals surface area (Å²) in [6, 6.07) is 12.0. The third-order valence-electron chi connectivity index (χ3n) is 5.67. The largest absolute Gasteiger partial charge is 0.336 e. The Kier molecular flexibility index (Phi) is 7.02. The number of benzene rings is 1. The summed E-state index contributed by atoms with van der Waals surface area (Å²) in [7, 11) is 0. The fourth-order valence-corrected chi connectivity index (χ4v) is 3.97. The number of likely N-dealkylation sites (tertiary alicyclic amines) is 1. The van der Waals surface area contributed by atoms with E-state index in [1.165, 1.54) is 6.42 Å². The van der Waals surface area contributed by atoms with Gasteiger partial charge in [-0.2, -0.15) is 0 Å². The van der Waals surface area contributed by atoms with Crippen LogP contribution in [0.15, 0.2) is 48.8 Å². The minimum atomic E-state index is -0.100. The molecule has 1 saturated heterocycles. The molecule has 2 aromatic rings. The maximum Gasteiger partial charge on any atom is 0.255 e. The summed E-state index contributed by atoms with van der Waals surface area (Å²) < 4.78 is 0. The smallest absolute Gasteiger partial charge is 0.255 e. The van der Waals surface area contributed by atoms with Crippen LogP contribution >= 0.6 is 0 Å². The van der Waals surface area contributed by atoms with Gasteiger partial charge < -0.3 is 9.80 Å². The molecule has 0 aliphatic carbocycles. The molecule has 1 fully saturated rings. The molecule has 0 radical (unpaired) electrons. The Morgan fingerprint density at radius 3 is 2.55 bits per heavy atom. The van der Waals surface area contributed by atoms with Crippen LogP contribution in [0.1, 0.15) is 72.7 Å². The van der Waals surface area contributed by atoms with E-state index >= 15 is 0 Å². The van der Waals surface area contributed by atoms with Gasteiger partial charge in [0.1, 0.15) is 0 Å². The highest BCUT2D eigenvalue weighted by atomic mass is 16.2. The first kappa shape index (κ1) is 21.0. The Balaban J connectivity index is 1.81. The molecule has 0 N–H and O–H groups in total. The van der Waals surface area contributed by atoms with E-state index < -0.39 is 0 Å². The number of hydrogen-bond acceptors (Lipinski definition) is 3. The molecule has 1 aliphatic heterocycles. The van der Waals surface area contributed by atoms with Crippen LogP contribution in [0.25, 0.3) is 0 Å². The van der Waals surface area contributed by atoms with Crippen molar-refractivity contribution < 1.29 is 9.59 Å². The van der Waals surface area contributed by atoms with Gasteiger partial charge in [0.15, 0.2) is 0 Å². The topological polar surface area (TPSA) is 53.5 Å². The first-order chi connectivity index (χ1) is 14.0. The van der Waals surface area contributed by atoms with E-state index in [-0.39, 0.29) is 23.9 Å². The van der Waals surface area contributed by atoms with E-state index in [4.69, 9.17) is 0 Å². The highest BCUT2D eigenvalue weighted by Crippen LogP contribution is 2.22. The maximum atomic E-state index is 13.2. The maximum absolute atomic E-state index is 13.2. The van der Waals surface area contributed by atoms with Crippen LogP contribution in [-0.4, -0.2) is 45.2 Å². The second-order valence-corrected chi connectivity index (χ2v) is 8.03. The SMILES string of the molecule is CCC1CCCCN1C(=O)c1cncc(C(=O)N(Cc2ccccc2)C(C)C)c1. The van der Waals surface area contributed by atoms with Crippen LogP contribution in [0, 0.1) is 0 Å². The molecule has 1 aromatic carbocycles. The summed E-state index contributed by atoms with van der Waals surface area (Å²) in [6.07, 6.45) is 7.35. The average Bonchev–Trinajstić information content (AvgIpc) is 2.77. The van der Waals surface area contributed by atoms with Gasteiger partial charge in [-0.3, -0.25) is 14.6 Å². The van der Waals surface area contributed by atoms with Crippen molar-refractivity contribution in [3.8, 4) is 0 Å². The molecule has 1 unspecified atom stereocenters. The molecular weight excluding hydrogens is 362 g/mol. The molecule has 5 nitrogen and oxygen atoms in total. The van der Waals surface area contributed by atoms with Gasteiger partial charge in [0.25, 0.3) is 11.8 Å². The lowest BCUT2D eigenvalue weighted by Crippen LogP contribution is -2.43. The lowest BCUT2D eigenvalue weighted by Gasteiger charge is -2.35. The molecule has 0 bridgehead atoms. The van der Waals surface area contributed by atoms with Crippen molar-refractivity contribution in [2.75, 3.05) is 6.54 Å². The van der Waals surface area contributed by atoms with Crippen LogP contribution in [0.5, 0.6) is 0 Å². The zero-order chi connectivity index (χ0) is 20.8. The molecule has 3 rings (SSSR count). The fraction of sp³-hybridized carbons (Fsp3) is 0.458. The first-order valence-electron chi connectivity index (χ1n) is 10.6. The Morgan fingerprint density at radius 2 is 1.86 bits per heavy atom. The quantitative estimate of drug-likeness (QED) is 0.724. The summed E-state index contributed by atoms with van der Waals surface area (Å²) in [5.41, 5.74) is 2.04. The number of piperidine rings is 1. The number of aromatic nitrogens is 1. The average molecular weight is 394 g/mol. The Hall–Kier alpha value is -2.69. The molecular formula is C24H31N3O2. The summed E-state index contributed by atoms with van der Waals surface area (Å²) in [5, 5.41) is 0. The van der Waals surface area contributed by atoms with E-state index in [0.29, 0.717) is 17.7 Å². The van der Waals surface area contributed by atoms with Gasteiger partial charge in [-0.1, -0.05) is 37.3 Å². The number of pyridine rings is 1. The molecule has 5 heteroatoms. The van der Waals surface area contributed by atoms with Gasteiger partial charge in [-0.25, -0.2) is 0 Å². The monoisotopic (exact) mass is 393 g/mol. The zero-order valence-electron chi connectivity index (χ0n) is 17.7. The van der Waals surface area contributed by atoms with E-state index in [2.05, 4.69) is 11.9 Å². The molecule has 0 saturated carbocycles. The number of rotatable bonds is 6. The predicted octanol–water partition coefficient (Wildman–Crippen LogP) is 4.54. The summed E-state index contributed by atoms with van der Waals surface area (Å²) in [5.74, 6) is -0.116. The lowest BCUT2D eigenvalue weighted by atomic mass is 9.99. The van der Waals surface area contributed by atoms with Crippen LogP contribution in [0.3, 0.4) is 0 Å². The third kappa shape index (κ3) is 5.03. The van der Waals surface area contributed by atoms with E-state index in [1.807, 2.05) is 54.0 Å². The lowest BCUT2D eigenvalue weighted by molar-refractivity contribution is 0.0607. The number of hydrogen-bond donors (Lipinski definition) is 0. The van der Waals surface area contributed by atoms with Gasteiger partial charge in [0, 0.05) is 37.6 Å². The van der Waals surface area contributed by atoms with Crippen molar-refractivity contribution >= 4 is 11.8 Å². The molecule has 2 amide bonds. The highest BCUT2D eigenvalue weighted by Gasteiger charge is 2.27. The molecule has 1 aliphatic rings. The van der Waals surface area contributed by atoms with E-state index in [0.717, 1.165) is 31.4 Å². The van der Waals surface area contributed by atoms with E-state index in [9.17, 15) is 9.59 Å². The van der Waals surface area contributed by atoms with Gasteiger partial charge in [0.2, 0.25) is 0 Å². The minimum absolute atomic E-state index is 0.0159. The Morgan fingerprint density at radius 1 is 1.14 bits per heavy atom. The van der Waals surface area contributed by atoms with Crippen molar-refractivity contribution in [2.24, 2.45) is 0 Å². The molecule has 29 heavy (non-hydrogen) atoms. The second-order valence-electron chi connectivity index (χ2n) is 8.03. The third-order valence-corrected chi connectivity index (χ3v) is 5.67. The highest BCUT2D eigenvalue weighted by molar-refractivity contribution is 5.99. The van der Waals surface area contributed by atoms with Crippen molar-refractivity contribution in [3.63, 3.8) is 0 Å².